The number of aromatic nitrogens is 1. The number of aryl methyl sites for hydroxylation is 2. The van der Waals surface area contributed by atoms with E-state index in [1.165, 1.54) is 30.3 Å². The summed E-state index contributed by atoms with van der Waals surface area (Å²) in [7, 11) is -3.33. The standard InChI is InChI=1S/C24H24F2N2O4S/c1-4-19-21(24(30)27-13-15-8-10-18(11-9-15)33(3,31)32)22(29)20(14(2)28-19)16-6-5-7-17(12-16)23(25)26/h5-12,23H,4,13H2,1-3H3,(H,27,30)(H,28,29). The van der Waals surface area contributed by atoms with Crippen LogP contribution in [0.1, 0.15) is 46.2 Å². The van der Waals surface area contributed by atoms with Gasteiger partial charge in [0.15, 0.2) is 9.84 Å². The molecule has 0 aliphatic rings. The van der Waals surface area contributed by atoms with Crippen LogP contribution in [0.4, 0.5) is 8.78 Å². The highest BCUT2D eigenvalue weighted by molar-refractivity contribution is 7.90. The van der Waals surface area contributed by atoms with E-state index in [1.807, 2.05) is 0 Å². The zero-order valence-electron chi connectivity index (χ0n) is 18.4. The SMILES string of the molecule is CCc1[nH]c(C)c(-c2cccc(C(F)F)c2)c(=O)c1C(=O)NCc1ccc(S(C)(=O)=O)cc1. The first kappa shape index (κ1) is 24.3. The lowest BCUT2D eigenvalue weighted by atomic mass is 9.97. The average Bonchev–Trinajstić information content (AvgIpc) is 2.77. The third kappa shape index (κ3) is 5.36. The van der Waals surface area contributed by atoms with E-state index < -0.39 is 27.6 Å². The zero-order valence-corrected chi connectivity index (χ0v) is 19.2. The average molecular weight is 475 g/mol. The molecule has 0 atom stereocenters. The minimum absolute atomic E-state index is 0.0756. The smallest absolute Gasteiger partial charge is 0.263 e. The summed E-state index contributed by atoms with van der Waals surface area (Å²) in [5.74, 6) is -0.605. The maximum Gasteiger partial charge on any atom is 0.263 e. The van der Waals surface area contributed by atoms with Crippen LogP contribution in [0.5, 0.6) is 0 Å². The van der Waals surface area contributed by atoms with Crippen molar-refractivity contribution in [3.63, 3.8) is 0 Å². The summed E-state index contributed by atoms with van der Waals surface area (Å²) >= 11 is 0. The Hall–Kier alpha value is -3.33. The molecule has 2 N–H and O–H groups in total. The normalized spacial score (nSPS) is 11.6. The van der Waals surface area contributed by atoms with Crippen LogP contribution in [0.2, 0.25) is 0 Å². The van der Waals surface area contributed by atoms with Crippen LogP contribution in [0, 0.1) is 6.92 Å². The molecule has 3 rings (SSSR count). The summed E-state index contributed by atoms with van der Waals surface area (Å²) in [6.45, 7) is 3.54. The van der Waals surface area contributed by atoms with Crippen molar-refractivity contribution in [2.75, 3.05) is 6.26 Å². The lowest BCUT2D eigenvalue weighted by Gasteiger charge is -2.14. The second-order valence-electron chi connectivity index (χ2n) is 7.69. The highest BCUT2D eigenvalue weighted by Crippen LogP contribution is 2.26. The molecule has 3 aromatic rings. The molecular formula is C24H24F2N2O4S. The lowest BCUT2D eigenvalue weighted by molar-refractivity contribution is 0.0948. The van der Waals surface area contributed by atoms with Crippen LogP contribution < -0.4 is 10.7 Å². The number of rotatable bonds is 7. The maximum absolute atomic E-state index is 13.3. The molecule has 6 nitrogen and oxygen atoms in total. The number of carbonyl (C=O) groups excluding carboxylic acids is 1. The van der Waals surface area contributed by atoms with E-state index in [0.717, 1.165) is 6.26 Å². The number of H-pyrrole nitrogens is 1. The molecule has 33 heavy (non-hydrogen) atoms. The van der Waals surface area contributed by atoms with Crippen LogP contribution in [-0.4, -0.2) is 25.6 Å². The van der Waals surface area contributed by atoms with Gasteiger partial charge in [-0.1, -0.05) is 37.3 Å². The molecule has 174 valence electrons. The van der Waals surface area contributed by atoms with E-state index in [1.54, 1.807) is 32.0 Å². The number of alkyl halides is 2. The first-order chi connectivity index (χ1) is 15.5. The minimum atomic E-state index is -3.33. The first-order valence-corrected chi connectivity index (χ1v) is 12.1. The Labute approximate surface area is 190 Å². The molecule has 0 saturated heterocycles. The van der Waals surface area contributed by atoms with Gasteiger partial charge in [-0.05, 0) is 42.7 Å². The van der Waals surface area contributed by atoms with E-state index in [2.05, 4.69) is 10.3 Å². The molecule has 1 amide bonds. The summed E-state index contributed by atoms with van der Waals surface area (Å²) in [4.78, 5) is 29.5. The fourth-order valence-corrected chi connectivity index (χ4v) is 4.22. The lowest BCUT2D eigenvalue weighted by Crippen LogP contribution is -2.31. The van der Waals surface area contributed by atoms with Crippen molar-refractivity contribution in [1.82, 2.24) is 10.3 Å². The number of hydrogen-bond acceptors (Lipinski definition) is 4. The molecule has 0 aliphatic heterocycles. The maximum atomic E-state index is 13.3. The Bertz CT molecular complexity index is 1350. The molecule has 0 radical (unpaired) electrons. The van der Waals surface area contributed by atoms with Crippen LogP contribution >= 0.6 is 0 Å². The van der Waals surface area contributed by atoms with Crippen LogP contribution in [0.3, 0.4) is 0 Å². The van der Waals surface area contributed by atoms with Gasteiger partial charge in [-0.2, -0.15) is 0 Å². The quantitative estimate of drug-likeness (QED) is 0.537. The molecule has 0 fully saturated rings. The van der Waals surface area contributed by atoms with Crippen molar-refractivity contribution in [3.05, 3.63) is 86.8 Å². The molecule has 1 aromatic heterocycles. The van der Waals surface area contributed by atoms with Gasteiger partial charge < -0.3 is 10.3 Å². The fourth-order valence-electron chi connectivity index (χ4n) is 3.59. The van der Waals surface area contributed by atoms with Gasteiger partial charge in [0.25, 0.3) is 12.3 Å². The van der Waals surface area contributed by atoms with Crippen molar-refractivity contribution >= 4 is 15.7 Å². The molecule has 0 aliphatic carbocycles. The number of amides is 1. The largest absolute Gasteiger partial charge is 0.361 e. The number of carbonyl (C=O) groups is 1. The molecule has 0 bridgehead atoms. The molecule has 2 aromatic carbocycles. The van der Waals surface area contributed by atoms with E-state index in [4.69, 9.17) is 0 Å². The third-order valence-electron chi connectivity index (χ3n) is 5.28. The van der Waals surface area contributed by atoms with Crippen molar-refractivity contribution in [1.29, 1.82) is 0 Å². The molecule has 1 heterocycles. The van der Waals surface area contributed by atoms with Gasteiger partial charge in [-0.15, -0.1) is 0 Å². The predicted molar refractivity (Wildman–Crippen MR) is 122 cm³/mol. The number of nitrogens with one attached hydrogen (secondary N) is 2. The molecule has 9 heteroatoms. The van der Waals surface area contributed by atoms with Crippen molar-refractivity contribution < 1.29 is 22.0 Å². The van der Waals surface area contributed by atoms with Gasteiger partial charge in [0.1, 0.15) is 5.56 Å². The van der Waals surface area contributed by atoms with E-state index in [9.17, 15) is 26.8 Å². The Morgan fingerprint density at radius 1 is 1.12 bits per heavy atom. The summed E-state index contributed by atoms with van der Waals surface area (Å²) in [5.41, 5.74) is 1.22. The summed E-state index contributed by atoms with van der Waals surface area (Å²) < 4.78 is 49.5. The molecular weight excluding hydrogens is 450 g/mol. The Kier molecular flexibility index (Phi) is 7.12. The Balaban J connectivity index is 1.95. The van der Waals surface area contributed by atoms with E-state index in [-0.39, 0.29) is 28.1 Å². The van der Waals surface area contributed by atoms with Gasteiger partial charge in [-0.3, -0.25) is 9.59 Å². The predicted octanol–water partition coefficient (Wildman–Crippen LogP) is 4.18. The van der Waals surface area contributed by atoms with Gasteiger partial charge in [0.05, 0.1) is 4.90 Å². The van der Waals surface area contributed by atoms with Gasteiger partial charge in [0, 0.05) is 35.3 Å². The number of halogens is 2. The number of sulfone groups is 1. The summed E-state index contributed by atoms with van der Waals surface area (Å²) in [5, 5.41) is 2.69. The van der Waals surface area contributed by atoms with Crippen molar-refractivity contribution in [2.24, 2.45) is 0 Å². The van der Waals surface area contributed by atoms with Crippen LogP contribution in [0.15, 0.2) is 58.2 Å². The molecule has 0 unspecified atom stereocenters. The highest BCUT2D eigenvalue weighted by atomic mass is 32.2. The Morgan fingerprint density at radius 3 is 2.36 bits per heavy atom. The van der Waals surface area contributed by atoms with E-state index >= 15 is 0 Å². The van der Waals surface area contributed by atoms with Gasteiger partial charge >= 0.3 is 0 Å². The van der Waals surface area contributed by atoms with Gasteiger partial charge in [0.2, 0.25) is 5.43 Å². The second kappa shape index (κ2) is 9.66. The summed E-state index contributed by atoms with van der Waals surface area (Å²) in [6.07, 6.45) is -1.19. The monoisotopic (exact) mass is 474 g/mol. The molecule has 0 saturated carbocycles. The summed E-state index contributed by atoms with van der Waals surface area (Å²) in [6, 6.07) is 11.6. The number of hydrogen-bond donors (Lipinski definition) is 2. The highest BCUT2D eigenvalue weighted by Gasteiger charge is 2.22. The number of aromatic amines is 1. The molecule has 0 spiro atoms. The third-order valence-corrected chi connectivity index (χ3v) is 6.41. The van der Waals surface area contributed by atoms with Crippen LogP contribution in [0.25, 0.3) is 11.1 Å². The van der Waals surface area contributed by atoms with Crippen molar-refractivity contribution in [2.45, 2.75) is 38.1 Å². The van der Waals surface area contributed by atoms with Crippen molar-refractivity contribution in [3.8, 4) is 11.1 Å². The second-order valence-corrected chi connectivity index (χ2v) is 9.70. The number of pyridine rings is 1. The zero-order chi connectivity index (χ0) is 24.3. The first-order valence-electron chi connectivity index (χ1n) is 10.2. The van der Waals surface area contributed by atoms with Crippen LogP contribution in [-0.2, 0) is 22.8 Å². The van der Waals surface area contributed by atoms with E-state index in [0.29, 0.717) is 28.9 Å². The van der Waals surface area contributed by atoms with Gasteiger partial charge in [-0.25, -0.2) is 17.2 Å². The Morgan fingerprint density at radius 2 is 1.79 bits per heavy atom. The minimum Gasteiger partial charge on any atom is -0.361 e. The topological polar surface area (TPSA) is 96.1 Å². The fraction of sp³-hybridized carbons (Fsp3) is 0.250. The number of benzene rings is 2.